The standard InChI is InChI=1S/C29H25NO4/c1-33-25-16-5-4-12-21(25)22-13-7-14-23-24(28(29(31)32)30-27(22)23)15-8-18-34-26-17-6-10-19-9-2-3-11-20(19)26/h2-7,9-14,16-17,30H,8,15,18H2,1H3,(H,31,32). The Labute approximate surface area is 197 Å². The molecule has 0 aliphatic rings. The van der Waals surface area contributed by atoms with Crippen molar-refractivity contribution >= 4 is 27.6 Å². The number of benzene rings is 4. The minimum atomic E-state index is -0.966. The van der Waals surface area contributed by atoms with Gasteiger partial charge in [-0.1, -0.05) is 72.8 Å². The molecule has 0 saturated carbocycles. The lowest BCUT2D eigenvalue weighted by Crippen LogP contribution is -2.04. The van der Waals surface area contributed by atoms with Gasteiger partial charge in [0.15, 0.2) is 0 Å². The Morgan fingerprint density at radius 2 is 1.50 bits per heavy atom. The third kappa shape index (κ3) is 3.97. The van der Waals surface area contributed by atoms with Crippen molar-refractivity contribution in [3.05, 3.63) is 96.2 Å². The van der Waals surface area contributed by atoms with Crippen molar-refractivity contribution in [2.75, 3.05) is 13.7 Å². The predicted octanol–water partition coefficient (Wildman–Crippen LogP) is 6.71. The van der Waals surface area contributed by atoms with Gasteiger partial charge in [0.05, 0.1) is 19.2 Å². The van der Waals surface area contributed by atoms with Gasteiger partial charge in [-0.25, -0.2) is 4.79 Å². The number of para-hydroxylation sites is 2. The van der Waals surface area contributed by atoms with Crippen molar-refractivity contribution in [2.45, 2.75) is 12.8 Å². The van der Waals surface area contributed by atoms with Crippen molar-refractivity contribution in [1.29, 1.82) is 0 Å². The maximum Gasteiger partial charge on any atom is 0.352 e. The second kappa shape index (κ2) is 9.32. The van der Waals surface area contributed by atoms with Crippen molar-refractivity contribution < 1.29 is 19.4 Å². The summed E-state index contributed by atoms with van der Waals surface area (Å²) in [5.74, 6) is 0.618. The molecular weight excluding hydrogens is 426 g/mol. The van der Waals surface area contributed by atoms with Crippen LogP contribution in [-0.2, 0) is 6.42 Å². The Balaban J connectivity index is 1.43. The summed E-state index contributed by atoms with van der Waals surface area (Å²) in [4.78, 5) is 15.2. The fraction of sp³-hybridized carbons (Fsp3) is 0.138. The lowest BCUT2D eigenvalue weighted by atomic mass is 9.99. The van der Waals surface area contributed by atoms with Crippen LogP contribution in [0.2, 0.25) is 0 Å². The summed E-state index contributed by atoms with van der Waals surface area (Å²) in [6.45, 7) is 0.492. The summed E-state index contributed by atoms with van der Waals surface area (Å²) < 4.78 is 11.6. The fourth-order valence-corrected chi connectivity index (χ4v) is 4.56. The van der Waals surface area contributed by atoms with Crippen LogP contribution in [0.1, 0.15) is 22.5 Å². The first-order valence-corrected chi connectivity index (χ1v) is 11.3. The molecule has 170 valence electrons. The number of methoxy groups -OCH3 is 1. The lowest BCUT2D eigenvalue weighted by molar-refractivity contribution is 0.0690. The number of ether oxygens (including phenoxy) is 2. The van der Waals surface area contributed by atoms with Crippen LogP contribution in [0.5, 0.6) is 11.5 Å². The smallest absolute Gasteiger partial charge is 0.352 e. The summed E-state index contributed by atoms with van der Waals surface area (Å²) >= 11 is 0. The molecule has 1 aromatic heterocycles. The molecule has 0 amide bonds. The minimum Gasteiger partial charge on any atom is -0.496 e. The second-order valence-corrected chi connectivity index (χ2v) is 8.14. The highest BCUT2D eigenvalue weighted by Gasteiger charge is 2.20. The number of aromatic carboxylic acids is 1. The van der Waals surface area contributed by atoms with Crippen molar-refractivity contribution in [3.63, 3.8) is 0 Å². The molecule has 5 heteroatoms. The zero-order valence-electron chi connectivity index (χ0n) is 18.9. The highest BCUT2D eigenvalue weighted by atomic mass is 16.5. The Kier molecular flexibility index (Phi) is 5.91. The number of carboxylic acids is 1. The van der Waals surface area contributed by atoms with E-state index in [1.54, 1.807) is 7.11 Å². The number of nitrogens with one attached hydrogen (secondary N) is 1. The molecule has 0 bridgehead atoms. The van der Waals surface area contributed by atoms with E-state index in [0.717, 1.165) is 49.9 Å². The number of hydrogen-bond acceptors (Lipinski definition) is 3. The maximum atomic E-state index is 12.1. The molecule has 5 aromatic rings. The number of carboxylic acid groups (broad SMARTS) is 1. The molecule has 0 aliphatic heterocycles. The Bertz CT molecular complexity index is 1480. The quantitative estimate of drug-likeness (QED) is 0.257. The molecule has 0 spiro atoms. The summed E-state index contributed by atoms with van der Waals surface area (Å²) in [6.07, 6.45) is 1.27. The average molecular weight is 452 g/mol. The van der Waals surface area contributed by atoms with E-state index in [1.807, 2.05) is 72.8 Å². The maximum absolute atomic E-state index is 12.1. The van der Waals surface area contributed by atoms with E-state index in [0.29, 0.717) is 19.4 Å². The molecule has 0 unspecified atom stereocenters. The van der Waals surface area contributed by atoms with Gasteiger partial charge in [0, 0.05) is 21.9 Å². The number of aryl methyl sites for hydroxylation is 1. The van der Waals surface area contributed by atoms with Crippen LogP contribution in [0.15, 0.2) is 84.9 Å². The summed E-state index contributed by atoms with van der Waals surface area (Å²) in [6, 6.07) is 27.8. The second-order valence-electron chi connectivity index (χ2n) is 8.14. The predicted molar refractivity (Wildman–Crippen MR) is 135 cm³/mol. The third-order valence-electron chi connectivity index (χ3n) is 6.13. The normalized spacial score (nSPS) is 11.1. The van der Waals surface area contributed by atoms with Crippen LogP contribution in [0, 0.1) is 0 Å². The van der Waals surface area contributed by atoms with Gasteiger partial charge < -0.3 is 19.6 Å². The van der Waals surface area contributed by atoms with Crippen LogP contribution in [0.25, 0.3) is 32.8 Å². The van der Waals surface area contributed by atoms with E-state index in [1.165, 1.54) is 0 Å². The zero-order chi connectivity index (χ0) is 23.5. The van der Waals surface area contributed by atoms with E-state index in [-0.39, 0.29) is 5.69 Å². The number of fused-ring (bicyclic) bond motifs is 2. The number of carbonyl (C=O) groups is 1. The Morgan fingerprint density at radius 1 is 0.824 bits per heavy atom. The van der Waals surface area contributed by atoms with E-state index in [4.69, 9.17) is 9.47 Å². The number of aromatic amines is 1. The molecule has 0 atom stereocenters. The first-order valence-electron chi connectivity index (χ1n) is 11.3. The van der Waals surface area contributed by atoms with Gasteiger partial charge in [-0.15, -0.1) is 0 Å². The van der Waals surface area contributed by atoms with E-state index < -0.39 is 5.97 Å². The first-order chi connectivity index (χ1) is 16.7. The van der Waals surface area contributed by atoms with Crippen LogP contribution in [0.3, 0.4) is 0 Å². The van der Waals surface area contributed by atoms with Crippen LogP contribution in [-0.4, -0.2) is 29.8 Å². The molecule has 4 aromatic carbocycles. The monoisotopic (exact) mass is 451 g/mol. The molecule has 34 heavy (non-hydrogen) atoms. The Hall–Kier alpha value is -4.25. The van der Waals surface area contributed by atoms with Crippen LogP contribution >= 0.6 is 0 Å². The topological polar surface area (TPSA) is 71.6 Å². The fourth-order valence-electron chi connectivity index (χ4n) is 4.56. The molecule has 0 aliphatic carbocycles. The van der Waals surface area contributed by atoms with Gasteiger partial charge in [-0.3, -0.25) is 0 Å². The molecule has 0 fully saturated rings. The van der Waals surface area contributed by atoms with Crippen LogP contribution < -0.4 is 9.47 Å². The van der Waals surface area contributed by atoms with Gasteiger partial charge in [0.2, 0.25) is 0 Å². The third-order valence-corrected chi connectivity index (χ3v) is 6.13. The summed E-state index contributed by atoms with van der Waals surface area (Å²) in [7, 11) is 1.64. The van der Waals surface area contributed by atoms with Crippen molar-refractivity contribution in [2.24, 2.45) is 0 Å². The highest BCUT2D eigenvalue weighted by molar-refractivity contribution is 6.03. The minimum absolute atomic E-state index is 0.225. The number of H-pyrrole nitrogens is 1. The zero-order valence-corrected chi connectivity index (χ0v) is 18.9. The number of rotatable bonds is 8. The lowest BCUT2D eigenvalue weighted by Gasteiger charge is -2.10. The molecule has 1 heterocycles. The van der Waals surface area contributed by atoms with Gasteiger partial charge in [-0.2, -0.15) is 0 Å². The van der Waals surface area contributed by atoms with Gasteiger partial charge >= 0.3 is 5.97 Å². The molecule has 0 saturated heterocycles. The molecule has 5 nitrogen and oxygen atoms in total. The van der Waals surface area contributed by atoms with Gasteiger partial charge in [0.25, 0.3) is 0 Å². The molecular formula is C29H25NO4. The van der Waals surface area contributed by atoms with Gasteiger partial charge in [-0.05, 0) is 35.9 Å². The molecule has 5 rings (SSSR count). The average Bonchev–Trinajstić information content (AvgIpc) is 3.26. The van der Waals surface area contributed by atoms with E-state index in [9.17, 15) is 9.90 Å². The molecule has 0 radical (unpaired) electrons. The Morgan fingerprint density at radius 3 is 2.35 bits per heavy atom. The van der Waals surface area contributed by atoms with E-state index >= 15 is 0 Å². The van der Waals surface area contributed by atoms with Crippen molar-refractivity contribution in [1.82, 2.24) is 4.98 Å². The highest BCUT2D eigenvalue weighted by Crippen LogP contribution is 2.37. The van der Waals surface area contributed by atoms with E-state index in [2.05, 4.69) is 17.1 Å². The summed E-state index contributed by atoms with van der Waals surface area (Å²) in [5, 5.41) is 13.0. The summed E-state index contributed by atoms with van der Waals surface area (Å²) in [5.41, 5.74) is 3.65. The number of hydrogen-bond donors (Lipinski definition) is 2. The first kappa shape index (κ1) is 21.6. The number of aromatic nitrogens is 1. The van der Waals surface area contributed by atoms with Gasteiger partial charge in [0.1, 0.15) is 17.2 Å². The SMILES string of the molecule is COc1ccccc1-c1cccc2c(CCCOc3cccc4ccccc34)c(C(=O)O)[nH]c12. The van der Waals surface area contributed by atoms with Crippen LogP contribution in [0.4, 0.5) is 0 Å². The largest absolute Gasteiger partial charge is 0.496 e. The van der Waals surface area contributed by atoms with Crippen molar-refractivity contribution in [3.8, 4) is 22.6 Å². The molecule has 2 N–H and O–H groups in total.